The van der Waals surface area contributed by atoms with Gasteiger partial charge in [-0.15, -0.1) is 11.3 Å². The number of hydrogen-bond acceptors (Lipinski definition) is 5. The van der Waals surface area contributed by atoms with Crippen molar-refractivity contribution in [2.24, 2.45) is 0 Å². The summed E-state index contributed by atoms with van der Waals surface area (Å²) in [6.45, 7) is 2.56. The topological polar surface area (TPSA) is 70.6 Å². The number of aromatic nitrogens is 1. The maximum absolute atomic E-state index is 13.9. The third-order valence-corrected chi connectivity index (χ3v) is 9.88. The molecule has 2 aromatic heterocycles. The van der Waals surface area contributed by atoms with Gasteiger partial charge in [-0.3, -0.25) is 9.78 Å². The van der Waals surface area contributed by atoms with Crippen molar-refractivity contribution < 1.29 is 13.2 Å². The van der Waals surface area contributed by atoms with E-state index in [-0.39, 0.29) is 29.9 Å². The Hall–Kier alpha value is -2.78. The lowest BCUT2D eigenvalue weighted by molar-refractivity contribution is -0.133. The summed E-state index contributed by atoms with van der Waals surface area (Å²) in [7, 11) is -3.96. The van der Waals surface area contributed by atoms with Crippen molar-refractivity contribution in [2.75, 3.05) is 19.6 Å². The maximum Gasteiger partial charge on any atom is 0.245 e. The summed E-state index contributed by atoms with van der Waals surface area (Å²) in [5, 5.41) is 3.42. The molecule has 0 saturated carbocycles. The summed E-state index contributed by atoms with van der Waals surface area (Å²) in [6.07, 6.45) is 3.80. The predicted octanol–water partition coefficient (Wildman–Crippen LogP) is 5.91. The average molecular weight is 554 g/mol. The van der Waals surface area contributed by atoms with Crippen molar-refractivity contribution in [2.45, 2.75) is 37.1 Å². The lowest BCUT2D eigenvalue weighted by Gasteiger charge is -2.37. The van der Waals surface area contributed by atoms with Gasteiger partial charge >= 0.3 is 0 Å². The molecule has 9 heteroatoms. The van der Waals surface area contributed by atoms with E-state index in [9.17, 15) is 13.2 Å². The normalized spacial score (nSPS) is 15.8. The van der Waals surface area contributed by atoms with Crippen LogP contribution in [0.5, 0.6) is 0 Å². The fourth-order valence-electron chi connectivity index (χ4n) is 4.87. The Morgan fingerprint density at radius 3 is 2.70 bits per heavy atom. The predicted molar refractivity (Wildman–Crippen MR) is 148 cm³/mol. The third-order valence-electron chi connectivity index (χ3n) is 6.76. The molecular formula is C28H28ClN3O3S2. The van der Waals surface area contributed by atoms with E-state index in [0.717, 1.165) is 29.4 Å². The van der Waals surface area contributed by atoms with E-state index in [1.807, 2.05) is 53.6 Å². The monoisotopic (exact) mass is 553 g/mol. The molecule has 1 atom stereocenters. The van der Waals surface area contributed by atoms with Gasteiger partial charge in [-0.1, -0.05) is 55.3 Å². The zero-order chi connectivity index (χ0) is 26.0. The molecule has 5 rings (SSSR count). The lowest BCUT2D eigenvalue weighted by atomic mass is 9.93. The first-order valence-corrected chi connectivity index (χ1v) is 15.0. The molecule has 0 aliphatic carbocycles. The van der Waals surface area contributed by atoms with E-state index in [0.29, 0.717) is 23.5 Å². The summed E-state index contributed by atoms with van der Waals surface area (Å²) in [5.41, 5.74) is 2.46. The first kappa shape index (κ1) is 25.9. The van der Waals surface area contributed by atoms with E-state index >= 15 is 0 Å². The van der Waals surface area contributed by atoms with E-state index < -0.39 is 10.0 Å². The second-order valence-electron chi connectivity index (χ2n) is 9.11. The van der Waals surface area contributed by atoms with Crippen molar-refractivity contribution in [3.05, 3.63) is 93.3 Å². The summed E-state index contributed by atoms with van der Waals surface area (Å²) in [5.74, 6) is -0.218. The number of para-hydroxylation sites is 1. The Morgan fingerprint density at radius 1 is 1.14 bits per heavy atom. The lowest BCUT2D eigenvalue weighted by Crippen LogP contribution is -2.47. The summed E-state index contributed by atoms with van der Waals surface area (Å²) < 4.78 is 29.2. The number of hydrogen-bond donors (Lipinski definition) is 0. The fraction of sp³-hybridized carbons (Fsp3) is 0.286. The van der Waals surface area contributed by atoms with Gasteiger partial charge in [0.05, 0.1) is 18.1 Å². The molecule has 1 aliphatic heterocycles. The van der Waals surface area contributed by atoms with Crippen LogP contribution in [0.2, 0.25) is 5.02 Å². The number of halogens is 1. The quantitative estimate of drug-likeness (QED) is 0.272. The van der Waals surface area contributed by atoms with Crippen LogP contribution in [-0.2, 0) is 21.2 Å². The smallest absolute Gasteiger partial charge is 0.245 e. The largest absolute Gasteiger partial charge is 0.330 e. The number of sulfonamides is 1. The zero-order valence-corrected chi connectivity index (χ0v) is 22.9. The number of thiophene rings is 1. The van der Waals surface area contributed by atoms with Crippen molar-refractivity contribution in [3.63, 3.8) is 0 Å². The number of unbranched alkanes of at least 4 members (excludes halogenated alkanes) is 1. The van der Waals surface area contributed by atoms with Crippen LogP contribution in [0.3, 0.4) is 0 Å². The first-order valence-electron chi connectivity index (χ1n) is 12.3. The van der Waals surface area contributed by atoms with Gasteiger partial charge in [0, 0.05) is 34.6 Å². The Balaban J connectivity index is 1.49. The number of rotatable bonds is 8. The van der Waals surface area contributed by atoms with Gasteiger partial charge in [0.1, 0.15) is 4.90 Å². The SMILES string of the molecule is CCCCN(CC(=O)N1CCc2sccc2C1c1ccc(Cl)cc1)S(=O)(=O)c1cccc2cccnc12. The van der Waals surface area contributed by atoms with Gasteiger partial charge in [-0.05, 0) is 59.7 Å². The highest BCUT2D eigenvalue weighted by molar-refractivity contribution is 7.89. The standard InChI is InChI=1S/C28H28ClN3O3S2/c1-2-3-16-31(37(34,35)25-8-4-6-20-7-5-15-30-27(20)25)19-26(33)32-17-13-24-23(14-18-36-24)28(32)21-9-11-22(29)12-10-21/h4-12,14-15,18,28H,2-3,13,16-17,19H2,1H3. The number of nitrogens with zero attached hydrogens (tertiary/aromatic N) is 3. The number of fused-ring (bicyclic) bond motifs is 2. The second-order valence-corrected chi connectivity index (χ2v) is 12.5. The number of benzene rings is 2. The molecule has 0 saturated heterocycles. The zero-order valence-electron chi connectivity index (χ0n) is 20.5. The Labute approximate surface area is 226 Å². The molecule has 2 aromatic carbocycles. The molecule has 192 valence electrons. The van der Waals surface area contributed by atoms with E-state index in [1.165, 1.54) is 9.18 Å². The molecular weight excluding hydrogens is 526 g/mol. The van der Waals surface area contributed by atoms with Crippen LogP contribution < -0.4 is 0 Å². The minimum absolute atomic E-state index is 0.127. The molecule has 0 fully saturated rings. The van der Waals surface area contributed by atoms with Crippen LogP contribution in [0.15, 0.2) is 77.1 Å². The molecule has 0 radical (unpaired) electrons. The number of carbonyl (C=O) groups is 1. The first-order chi connectivity index (χ1) is 17.9. The number of carbonyl (C=O) groups excluding carboxylic acids is 1. The van der Waals surface area contributed by atoms with E-state index in [4.69, 9.17) is 11.6 Å². The third kappa shape index (κ3) is 5.16. The van der Waals surface area contributed by atoms with Crippen LogP contribution in [0, 0.1) is 0 Å². The molecule has 4 aromatic rings. The minimum atomic E-state index is -3.96. The minimum Gasteiger partial charge on any atom is -0.330 e. The average Bonchev–Trinajstić information content (AvgIpc) is 3.39. The van der Waals surface area contributed by atoms with Gasteiger partial charge in [-0.25, -0.2) is 8.42 Å². The van der Waals surface area contributed by atoms with Gasteiger partial charge in [0.25, 0.3) is 0 Å². The number of pyridine rings is 1. The summed E-state index contributed by atoms with van der Waals surface area (Å²) in [6, 6.07) is 18.1. The van der Waals surface area contributed by atoms with Crippen LogP contribution in [-0.4, -0.2) is 48.1 Å². The fourth-order valence-corrected chi connectivity index (χ4v) is 7.50. The summed E-state index contributed by atoms with van der Waals surface area (Å²) in [4.78, 5) is 21.4. The maximum atomic E-state index is 13.9. The van der Waals surface area contributed by atoms with Crippen molar-refractivity contribution in [1.29, 1.82) is 0 Å². The van der Waals surface area contributed by atoms with Crippen molar-refractivity contribution in [3.8, 4) is 0 Å². The van der Waals surface area contributed by atoms with Gasteiger partial charge < -0.3 is 4.90 Å². The molecule has 6 nitrogen and oxygen atoms in total. The molecule has 1 aliphatic rings. The van der Waals surface area contributed by atoms with Gasteiger partial charge in [-0.2, -0.15) is 4.31 Å². The van der Waals surface area contributed by atoms with Crippen LogP contribution in [0.25, 0.3) is 10.9 Å². The molecule has 0 spiro atoms. The van der Waals surface area contributed by atoms with Gasteiger partial charge in [0.15, 0.2) is 0 Å². The Bertz CT molecular complexity index is 1510. The highest BCUT2D eigenvalue weighted by Crippen LogP contribution is 2.38. The highest BCUT2D eigenvalue weighted by Gasteiger charge is 2.36. The molecule has 37 heavy (non-hydrogen) atoms. The summed E-state index contributed by atoms with van der Waals surface area (Å²) >= 11 is 7.83. The second kappa shape index (κ2) is 10.9. The van der Waals surface area contributed by atoms with Gasteiger partial charge in [0.2, 0.25) is 15.9 Å². The van der Waals surface area contributed by atoms with Crippen molar-refractivity contribution in [1.82, 2.24) is 14.2 Å². The van der Waals surface area contributed by atoms with Crippen LogP contribution in [0.4, 0.5) is 0 Å². The Morgan fingerprint density at radius 2 is 1.92 bits per heavy atom. The molecule has 3 heterocycles. The van der Waals surface area contributed by atoms with Crippen LogP contribution in [0.1, 0.15) is 41.8 Å². The number of amides is 1. The van der Waals surface area contributed by atoms with E-state index in [1.54, 1.807) is 35.7 Å². The molecule has 0 N–H and O–H groups in total. The highest BCUT2D eigenvalue weighted by atomic mass is 35.5. The van der Waals surface area contributed by atoms with E-state index in [2.05, 4.69) is 11.1 Å². The van der Waals surface area contributed by atoms with Crippen LogP contribution >= 0.6 is 22.9 Å². The Kier molecular flexibility index (Phi) is 7.62. The molecule has 1 unspecified atom stereocenters. The van der Waals surface area contributed by atoms with Crippen molar-refractivity contribution >= 4 is 49.8 Å². The molecule has 0 bridgehead atoms. The molecule has 1 amide bonds.